The van der Waals surface area contributed by atoms with Gasteiger partial charge in [0.15, 0.2) is 0 Å². The molecule has 0 saturated carbocycles. The van der Waals surface area contributed by atoms with Gasteiger partial charge in [0.1, 0.15) is 6.04 Å². The summed E-state index contributed by atoms with van der Waals surface area (Å²) in [6, 6.07) is 3.00. The highest BCUT2D eigenvalue weighted by Crippen LogP contribution is 2.12. The lowest BCUT2D eigenvalue weighted by Crippen LogP contribution is -2.43. The van der Waals surface area contributed by atoms with Crippen LogP contribution in [0, 0.1) is 0 Å². The number of aliphatic hydroxyl groups is 1. The van der Waals surface area contributed by atoms with Gasteiger partial charge in [0.05, 0.1) is 4.90 Å². The van der Waals surface area contributed by atoms with Crippen LogP contribution in [0.5, 0.6) is 0 Å². The summed E-state index contributed by atoms with van der Waals surface area (Å²) in [6.07, 6.45) is -0.132. The van der Waals surface area contributed by atoms with E-state index in [-0.39, 0.29) is 23.6 Å². The van der Waals surface area contributed by atoms with E-state index < -0.39 is 28.1 Å². The molecule has 0 aliphatic carbocycles. The number of amides is 2. The highest BCUT2D eigenvalue weighted by molar-refractivity contribution is 7.89. The van der Waals surface area contributed by atoms with Gasteiger partial charge in [0.25, 0.3) is 0 Å². The lowest BCUT2D eigenvalue weighted by Gasteiger charge is -2.14. The zero-order chi connectivity index (χ0) is 16.0. The minimum atomic E-state index is -3.82. The zero-order valence-electron chi connectivity index (χ0n) is 10.8. The smallest absolute Gasteiger partial charge is 0.326 e. The maximum Gasteiger partial charge on any atom is 0.326 e. The van der Waals surface area contributed by atoms with Gasteiger partial charge in [0.2, 0.25) is 10.0 Å². The van der Waals surface area contributed by atoms with Gasteiger partial charge in [-0.2, -0.15) is 0 Å². The monoisotopic (exact) mass is 317 g/mol. The number of carbonyl (C=O) groups excluding carboxylic acids is 1. The van der Waals surface area contributed by atoms with Crippen molar-refractivity contribution in [1.29, 1.82) is 0 Å². The van der Waals surface area contributed by atoms with Crippen molar-refractivity contribution >= 4 is 27.7 Å². The predicted octanol–water partition coefficient (Wildman–Crippen LogP) is -0.709. The normalized spacial score (nSPS) is 12.5. The number of nitrogens with one attached hydrogen (secondary N) is 2. The largest absolute Gasteiger partial charge is 0.480 e. The molecule has 0 bridgehead atoms. The minimum Gasteiger partial charge on any atom is -0.480 e. The molecule has 6 N–H and O–H groups in total. The molecule has 0 radical (unpaired) electrons. The SMILES string of the molecule is NS(=O)(=O)c1ccc(NC(=O)NC(CCO)C(=O)O)cc1. The lowest BCUT2D eigenvalue weighted by atomic mass is 10.2. The van der Waals surface area contributed by atoms with Crippen LogP contribution >= 0.6 is 0 Å². The standard InChI is InChI=1S/C11H15N3O6S/c12-21(19,20)8-3-1-7(2-4-8)13-11(18)14-9(5-6-15)10(16)17/h1-4,9,15H,5-6H2,(H,16,17)(H2,12,19,20)(H2,13,14,18). The van der Waals surface area contributed by atoms with Crippen LogP contribution in [-0.4, -0.2) is 43.3 Å². The van der Waals surface area contributed by atoms with Crippen LogP contribution in [0.15, 0.2) is 29.2 Å². The first kappa shape index (κ1) is 16.9. The first-order chi connectivity index (χ1) is 9.74. The van der Waals surface area contributed by atoms with E-state index >= 15 is 0 Å². The van der Waals surface area contributed by atoms with Crippen LogP contribution in [-0.2, 0) is 14.8 Å². The third-order valence-electron chi connectivity index (χ3n) is 2.46. The van der Waals surface area contributed by atoms with Crippen LogP contribution in [0.25, 0.3) is 0 Å². The number of hydrogen-bond acceptors (Lipinski definition) is 5. The topological polar surface area (TPSA) is 159 Å². The molecule has 0 saturated heterocycles. The van der Waals surface area contributed by atoms with Gasteiger partial charge >= 0.3 is 12.0 Å². The summed E-state index contributed by atoms with van der Waals surface area (Å²) in [5.41, 5.74) is 0.257. The molecule has 1 unspecified atom stereocenters. The molecule has 0 heterocycles. The number of aliphatic hydroxyl groups excluding tert-OH is 1. The Labute approximate surface area is 120 Å². The number of sulfonamides is 1. The first-order valence-corrected chi connectivity index (χ1v) is 7.32. The number of hydrogen-bond donors (Lipinski definition) is 5. The van der Waals surface area contributed by atoms with Crippen molar-refractivity contribution in [2.75, 3.05) is 11.9 Å². The summed E-state index contributed by atoms with van der Waals surface area (Å²) in [4.78, 5) is 22.3. The second-order valence-corrected chi connectivity index (χ2v) is 5.63. The van der Waals surface area contributed by atoms with E-state index in [4.69, 9.17) is 15.4 Å². The molecule has 0 spiro atoms. The predicted molar refractivity (Wildman–Crippen MR) is 73.1 cm³/mol. The van der Waals surface area contributed by atoms with Crippen LogP contribution in [0.3, 0.4) is 0 Å². The van der Waals surface area contributed by atoms with Gasteiger partial charge in [0, 0.05) is 18.7 Å². The highest BCUT2D eigenvalue weighted by Gasteiger charge is 2.19. The summed E-state index contributed by atoms with van der Waals surface area (Å²) in [6.45, 7) is -0.389. The lowest BCUT2D eigenvalue weighted by molar-refractivity contribution is -0.139. The van der Waals surface area contributed by atoms with Crippen LogP contribution < -0.4 is 15.8 Å². The number of rotatable bonds is 6. The fourth-order valence-electron chi connectivity index (χ4n) is 1.44. The fraction of sp³-hybridized carbons (Fsp3) is 0.273. The van der Waals surface area contributed by atoms with E-state index in [1.807, 2.05) is 0 Å². The van der Waals surface area contributed by atoms with E-state index in [1.165, 1.54) is 24.3 Å². The minimum absolute atomic E-state index is 0.114. The molecule has 1 aromatic rings. The maximum atomic E-state index is 11.6. The highest BCUT2D eigenvalue weighted by atomic mass is 32.2. The number of primary sulfonamides is 1. The third-order valence-corrected chi connectivity index (χ3v) is 3.39. The molecule has 0 fully saturated rings. The summed E-state index contributed by atoms with van der Waals surface area (Å²) in [5.74, 6) is -1.27. The molecule has 116 valence electrons. The Kier molecular flexibility index (Phi) is 5.64. The number of aliphatic carboxylic acids is 1. The van der Waals surface area contributed by atoms with E-state index in [0.717, 1.165) is 0 Å². The second-order valence-electron chi connectivity index (χ2n) is 4.07. The van der Waals surface area contributed by atoms with Crippen molar-refractivity contribution in [3.8, 4) is 0 Å². The Bertz CT molecular complexity index is 613. The fourth-order valence-corrected chi connectivity index (χ4v) is 1.96. The first-order valence-electron chi connectivity index (χ1n) is 5.78. The second kappa shape index (κ2) is 7.02. The molecule has 1 atom stereocenters. The molecule has 1 aromatic carbocycles. The summed E-state index contributed by atoms with van der Waals surface area (Å²) in [7, 11) is -3.82. The Hall–Kier alpha value is -2.17. The number of urea groups is 1. The van der Waals surface area contributed by atoms with Gasteiger partial charge in [-0.1, -0.05) is 0 Å². The van der Waals surface area contributed by atoms with Crippen molar-refractivity contribution in [2.24, 2.45) is 5.14 Å². The van der Waals surface area contributed by atoms with E-state index in [2.05, 4.69) is 10.6 Å². The molecular formula is C11H15N3O6S. The van der Waals surface area contributed by atoms with E-state index in [9.17, 15) is 18.0 Å². The van der Waals surface area contributed by atoms with E-state index in [1.54, 1.807) is 0 Å². The number of anilines is 1. The summed E-state index contributed by atoms with van der Waals surface area (Å²) >= 11 is 0. The average Bonchev–Trinajstić information content (AvgIpc) is 2.37. The molecule has 0 aromatic heterocycles. The number of carboxylic acids is 1. The van der Waals surface area contributed by atoms with Gasteiger partial charge in [-0.3, -0.25) is 0 Å². The van der Waals surface area contributed by atoms with Crippen LogP contribution in [0.1, 0.15) is 6.42 Å². The van der Waals surface area contributed by atoms with E-state index in [0.29, 0.717) is 0 Å². The molecule has 2 amide bonds. The van der Waals surface area contributed by atoms with Crippen LogP contribution in [0.4, 0.5) is 10.5 Å². The Morgan fingerprint density at radius 3 is 2.24 bits per heavy atom. The Morgan fingerprint density at radius 2 is 1.81 bits per heavy atom. The number of carbonyl (C=O) groups is 2. The quantitative estimate of drug-likeness (QED) is 0.466. The Balaban J connectivity index is 2.68. The molecule has 21 heavy (non-hydrogen) atoms. The van der Waals surface area contributed by atoms with Gasteiger partial charge in [-0.25, -0.2) is 23.1 Å². The number of benzene rings is 1. The number of nitrogens with two attached hydrogens (primary N) is 1. The van der Waals surface area contributed by atoms with Crippen molar-refractivity contribution in [1.82, 2.24) is 5.32 Å². The summed E-state index contributed by atoms with van der Waals surface area (Å²) in [5, 5.41) is 26.9. The Morgan fingerprint density at radius 1 is 1.24 bits per heavy atom. The van der Waals surface area contributed by atoms with Gasteiger partial charge in [-0.15, -0.1) is 0 Å². The molecule has 0 aliphatic heterocycles. The molecule has 10 heteroatoms. The van der Waals surface area contributed by atoms with Crippen LogP contribution in [0.2, 0.25) is 0 Å². The molecule has 1 rings (SSSR count). The van der Waals surface area contributed by atoms with Crippen molar-refractivity contribution in [3.05, 3.63) is 24.3 Å². The number of carboxylic acid groups (broad SMARTS) is 1. The van der Waals surface area contributed by atoms with Gasteiger partial charge < -0.3 is 20.8 Å². The maximum absolute atomic E-state index is 11.6. The van der Waals surface area contributed by atoms with Crippen molar-refractivity contribution in [2.45, 2.75) is 17.4 Å². The average molecular weight is 317 g/mol. The summed E-state index contributed by atoms with van der Waals surface area (Å²) < 4.78 is 22.1. The zero-order valence-corrected chi connectivity index (χ0v) is 11.6. The third kappa shape index (κ3) is 5.38. The van der Waals surface area contributed by atoms with Gasteiger partial charge in [-0.05, 0) is 24.3 Å². The molecular weight excluding hydrogens is 302 g/mol. The molecule has 9 nitrogen and oxygen atoms in total. The van der Waals surface area contributed by atoms with Crippen molar-refractivity contribution < 1.29 is 28.2 Å². The van der Waals surface area contributed by atoms with Crippen molar-refractivity contribution in [3.63, 3.8) is 0 Å². The molecule has 0 aliphatic rings.